The lowest BCUT2D eigenvalue weighted by molar-refractivity contribution is 0.0989. The lowest BCUT2D eigenvalue weighted by atomic mass is 9.99. The van der Waals surface area contributed by atoms with Crippen molar-refractivity contribution in [2.75, 3.05) is 0 Å². The van der Waals surface area contributed by atoms with Gasteiger partial charge in [0.1, 0.15) is 0 Å². The Kier molecular flexibility index (Phi) is 2.90. The van der Waals surface area contributed by atoms with Gasteiger partial charge in [-0.25, -0.2) is 0 Å². The first kappa shape index (κ1) is 12.0. The van der Waals surface area contributed by atoms with Crippen molar-refractivity contribution >= 4 is 5.78 Å². The zero-order valence-electron chi connectivity index (χ0n) is 10.8. The minimum atomic E-state index is 0.0481. The van der Waals surface area contributed by atoms with E-state index in [0.717, 1.165) is 22.3 Å². The summed E-state index contributed by atoms with van der Waals surface area (Å²) >= 11 is 0. The fraction of sp³-hybridized carbons (Fsp3) is 0.467. The zero-order valence-corrected chi connectivity index (χ0v) is 10.8. The Morgan fingerprint density at radius 1 is 1.24 bits per heavy atom. The number of carbonyl (C=O) groups is 1. The molecule has 0 unspecified atom stereocenters. The van der Waals surface area contributed by atoms with Gasteiger partial charge in [-0.2, -0.15) is 0 Å². The maximum Gasteiger partial charge on any atom is 0.182 e. The molecular formula is C15H18O2. The first-order chi connectivity index (χ1) is 7.91. The van der Waals surface area contributed by atoms with Gasteiger partial charge in [0.25, 0.3) is 0 Å². The van der Waals surface area contributed by atoms with Crippen molar-refractivity contribution < 1.29 is 4.79 Å². The van der Waals surface area contributed by atoms with E-state index >= 15 is 0 Å². The molecule has 0 spiro atoms. The van der Waals surface area contributed by atoms with Gasteiger partial charge in [0, 0.05) is 17.5 Å². The summed E-state index contributed by atoms with van der Waals surface area (Å²) < 4.78 is 0. The largest absolute Gasteiger partial charge is 0.294 e. The molecule has 1 aliphatic rings. The molecule has 0 fully saturated rings. The van der Waals surface area contributed by atoms with E-state index in [2.05, 4.69) is 6.92 Å². The molecule has 0 aliphatic heterocycles. The SMILES string of the molecule is Cc1cc(=O)c(C(C)C)cc2c1C(=O)C[C@H]2C. The van der Waals surface area contributed by atoms with E-state index in [1.165, 1.54) is 0 Å². The molecule has 2 nitrogen and oxygen atoms in total. The number of aryl methyl sites for hydroxylation is 1. The quantitative estimate of drug-likeness (QED) is 0.742. The summed E-state index contributed by atoms with van der Waals surface area (Å²) in [6.07, 6.45) is 0.575. The van der Waals surface area contributed by atoms with Gasteiger partial charge in [-0.1, -0.05) is 26.8 Å². The van der Waals surface area contributed by atoms with Crippen molar-refractivity contribution in [3.63, 3.8) is 0 Å². The lowest BCUT2D eigenvalue weighted by Crippen LogP contribution is -2.06. The molecular weight excluding hydrogens is 212 g/mol. The molecule has 2 rings (SSSR count). The van der Waals surface area contributed by atoms with Crippen LogP contribution in [0.3, 0.4) is 0 Å². The van der Waals surface area contributed by atoms with E-state index in [1.54, 1.807) is 6.07 Å². The minimum Gasteiger partial charge on any atom is -0.294 e. The van der Waals surface area contributed by atoms with E-state index in [0.29, 0.717) is 6.42 Å². The van der Waals surface area contributed by atoms with E-state index < -0.39 is 0 Å². The Morgan fingerprint density at radius 3 is 2.47 bits per heavy atom. The third kappa shape index (κ3) is 1.92. The number of fused-ring (bicyclic) bond motifs is 1. The Bertz CT molecular complexity index is 541. The van der Waals surface area contributed by atoms with Crippen LogP contribution in [0.25, 0.3) is 0 Å². The fourth-order valence-electron chi connectivity index (χ4n) is 2.60. The van der Waals surface area contributed by atoms with Gasteiger partial charge in [0.2, 0.25) is 0 Å². The number of rotatable bonds is 1. The van der Waals surface area contributed by atoms with Crippen molar-refractivity contribution in [1.82, 2.24) is 0 Å². The number of carbonyl (C=O) groups excluding carboxylic acids is 1. The number of ketones is 1. The predicted molar refractivity (Wildman–Crippen MR) is 68.9 cm³/mol. The van der Waals surface area contributed by atoms with Gasteiger partial charge in [-0.05, 0) is 36.0 Å². The topological polar surface area (TPSA) is 34.1 Å². The average molecular weight is 230 g/mol. The summed E-state index contributed by atoms with van der Waals surface area (Å²) in [4.78, 5) is 24.0. The predicted octanol–water partition coefficient (Wildman–Crippen LogP) is 3.17. The summed E-state index contributed by atoms with van der Waals surface area (Å²) in [6.45, 7) is 7.94. The number of hydrogen-bond acceptors (Lipinski definition) is 2. The highest BCUT2D eigenvalue weighted by Crippen LogP contribution is 2.34. The minimum absolute atomic E-state index is 0.0481. The molecule has 1 aromatic carbocycles. The van der Waals surface area contributed by atoms with Crippen molar-refractivity contribution in [2.45, 2.75) is 46.0 Å². The van der Waals surface area contributed by atoms with Crippen LogP contribution in [-0.2, 0) is 0 Å². The third-order valence-electron chi connectivity index (χ3n) is 3.55. The van der Waals surface area contributed by atoms with Crippen LogP contribution in [0.4, 0.5) is 0 Å². The molecule has 0 heterocycles. The van der Waals surface area contributed by atoms with Gasteiger partial charge in [-0.3, -0.25) is 9.59 Å². The summed E-state index contributed by atoms with van der Waals surface area (Å²) in [7, 11) is 0. The summed E-state index contributed by atoms with van der Waals surface area (Å²) in [5.74, 6) is 0.608. The van der Waals surface area contributed by atoms with Crippen LogP contribution >= 0.6 is 0 Å². The van der Waals surface area contributed by atoms with E-state index in [9.17, 15) is 9.59 Å². The highest BCUT2D eigenvalue weighted by Gasteiger charge is 2.28. The highest BCUT2D eigenvalue weighted by atomic mass is 16.1. The van der Waals surface area contributed by atoms with Gasteiger partial charge in [0.15, 0.2) is 11.2 Å². The van der Waals surface area contributed by atoms with Crippen molar-refractivity contribution in [1.29, 1.82) is 0 Å². The standard InChI is InChI=1S/C15H18O2/c1-8(2)11-7-12-9(3)5-14(17)15(12)10(4)6-13(11)16/h6-9H,5H2,1-4H3/t9-/m1/s1. The molecule has 0 amide bonds. The van der Waals surface area contributed by atoms with Gasteiger partial charge in [-0.15, -0.1) is 0 Å². The van der Waals surface area contributed by atoms with Crippen molar-refractivity contribution in [2.24, 2.45) is 0 Å². The van der Waals surface area contributed by atoms with Gasteiger partial charge in [0.05, 0.1) is 0 Å². The Hall–Kier alpha value is -1.44. The van der Waals surface area contributed by atoms with Crippen LogP contribution in [0.5, 0.6) is 0 Å². The molecule has 1 aliphatic carbocycles. The number of hydrogen-bond donors (Lipinski definition) is 0. The molecule has 0 saturated carbocycles. The van der Waals surface area contributed by atoms with Crippen LogP contribution in [0.2, 0.25) is 0 Å². The van der Waals surface area contributed by atoms with Crippen molar-refractivity contribution in [3.05, 3.63) is 44.6 Å². The third-order valence-corrected chi connectivity index (χ3v) is 3.55. The van der Waals surface area contributed by atoms with Crippen LogP contribution in [-0.4, -0.2) is 5.78 Å². The Labute approximate surface area is 102 Å². The Morgan fingerprint density at radius 2 is 1.88 bits per heavy atom. The molecule has 90 valence electrons. The monoisotopic (exact) mass is 230 g/mol. The highest BCUT2D eigenvalue weighted by molar-refractivity contribution is 6.02. The lowest BCUT2D eigenvalue weighted by Gasteiger charge is -2.04. The molecule has 1 aromatic rings. The van der Waals surface area contributed by atoms with E-state index in [4.69, 9.17) is 0 Å². The second-order valence-electron chi connectivity index (χ2n) is 5.30. The van der Waals surface area contributed by atoms with Crippen LogP contribution in [0.1, 0.15) is 66.1 Å². The molecule has 0 N–H and O–H groups in total. The molecule has 0 aromatic heterocycles. The zero-order chi connectivity index (χ0) is 12.7. The molecule has 0 bridgehead atoms. The second kappa shape index (κ2) is 4.10. The average Bonchev–Trinajstić information content (AvgIpc) is 2.39. The fourth-order valence-corrected chi connectivity index (χ4v) is 2.60. The summed E-state index contributed by atoms with van der Waals surface area (Å²) in [5.41, 5.74) is 3.52. The van der Waals surface area contributed by atoms with Crippen molar-refractivity contribution in [3.8, 4) is 0 Å². The van der Waals surface area contributed by atoms with Gasteiger partial charge < -0.3 is 0 Å². The smallest absolute Gasteiger partial charge is 0.182 e. The first-order valence-corrected chi connectivity index (χ1v) is 6.13. The second-order valence-corrected chi connectivity index (χ2v) is 5.30. The van der Waals surface area contributed by atoms with Gasteiger partial charge >= 0.3 is 0 Å². The maximum atomic E-state index is 12.0. The van der Waals surface area contributed by atoms with Crippen LogP contribution in [0, 0.1) is 6.92 Å². The van der Waals surface area contributed by atoms with E-state index in [-0.39, 0.29) is 23.0 Å². The molecule has 1 atom stereocenters. The summed E-state index contributed by atoms with van der Waals surface area (Å²) in [6, 6.07) is 3.56. The molecule has 0 saturated heterocycles. The molecule has 0 radical (unpaired) electrons. The van der Waals surface area contributed by atoms with E-state index in [1.807, 2.05) is 26.8 Å². The number of Topliss-reactive ketones (excluding diaryl/α,β-unsaturated/α-hetero) is 1. The molecule has 2 heteroatoms. The Balaban J connectivity index is 2.83. The maximum absolute atomic E-state index is 12.0. The molecule has 17 heavy (non-hydrogen) atoms. The first-order valence-electron chi connectivity index (χ1n) is 6.13. The normalized spacial score (nSPS) is 18.6. The van der Waals surface area contributed by atoms with Crippen LogP contribution < -0.4 is 5.43 Å². The summed E-state index contributed by atoms with van der Waals surface area (Å²) in [5, 5.41) is 0. The van der Waals surface area contributed by atoms with Crippen LogP contribution in [0.15, 0.2) is 16.9 Å².